The van der Waals surface area contributed by atoms with Crippen LogP contribution in [0.15, 0.2) is 22.3 Å². The molecule has 0 radical (unpaired) electrons. The molecule has 1 aromatic rings. The summed E-state index contributed by atoms with van der Waals surface area (Å²) in [6.45, 7) is 3.92. The largest absolute Gasteiger partial charge is 0.372 e. The van der Waals surface area contributed by atoms with Crippen LogP contribution in [0.3, 0.4) is 0 Å². The van der Waals surface area contributed by atoms with Crippen molar-refractivity contribution in [1.82, 2.24) is 5.32 Å². The monoisotopic (exact) mass is 352 g/mol. The van der Waals surface area contributed by atoms with Crippen LogP contribution in [-0.2, 0) is 6.42 Å². The number of aliphatic hydroxyl groups excluding tert-OH is 1. The van der Waals surface area contributed by atoms with E-state index >= 15 is 0 Å². The van der Waals surface area contributed by atoms with Crippen LogP contribution in [0.25, 0.3) is 0 Å². The van der Waals surface area contributed by atoms with Crippen LogP contribution in [0, 0.1) is 11.6 Å². The summed E-state index contributed by atoms with van der Waals surface area (Å²) < 4.78 is 27.6. The van der Waals surface area contributed by atoms with Gasteiger partial charge in [0.25, 0.3) is 0 Å². The van der Waals surface area contributed by atoms with Crippen molar-refractivity contribution in [2.45, 2.75) is 12.6 Å². The molecule has 0 fully saturated rings. The molecule has 3 nitrogen and oxygen atoms in total. The Bertz CT molecular complexity index is 527. The highest BCUT2D eigenvalue weighted by molar-refractivity contribution is 9.10. The second-order valence-corrected chi connectivity index (χ2v) is 5.51. The fraction of sp³-hybridized carbons (Fsp3) is 0.333. The molecule has 0 amide bonds. The zero-order valence-corrected chi connectivity index (χ0v) is 12.2. The molecule has 0 aliphatic carbocycles. The molecule has 0 saturated carbocycles. The van der Waals surface area contributed by atoms with Gasteiger partial charge < -0.3 is 15.3 Å². The van der Waals surface area contributed by atoms with Gasteiger partial charge in [0.15, 0.2) is 11.6 Å². The van der Waals surface area contributed by atoms with E-state index in [-0.39, 0.29) is 21.9 Å². The smallest absolute Gasteiger partial charge is 0.183 e. The Morgan fingerprint density at radius 2 is 2.26 bits per heavy atom. The number of rotatable bonds is 4. The van der Waals surface area contributed by atoms with Crippen molar-refractivity contribution in [3.63, 3.8) is 0 Å². The summed E-state index contributed by atoms with van der Waals surface area (Å²) in [5, 5.41) is 12.8. The molecule has 1 atom stereocenters. The Balaban J connectivity index is 2.26. The van der Waals surface area contributed by atoms with Crippen molar-refractivity contribution in [1.29, 1.82) is 0 Å². The Labute approximate surface area is 123 Å². The number of nitrogens with one attached hydrogen (secondary N) is 1. The molecule has 0 bridgehead atoms. The first-order chi connectivity index (χ1) is 8.91. The Morgan fingerprint density at radius 3 is 2.89 bits per heavy atom. The molecule has 0 spiro atoms. The zero-order chi connectivity index (χ0) is 14.2. The third-order valence-corrected chi connectivity index (χ3v) is 3.67. The van der Waals surface area contributed by atoms with E-state index in [1.54, 1.807) is 0 Å². The van der Waals surface area contributed by atoms with Crippen molar-refractivity contribution in [2.75, 3.05) is 18.0 Å². The third-order valence-electron chi connectivity index (χ3n) is 2.96. The molecule has 7 heteroatoms. The lowest BCUT2D eigenvalue weighted by atomic mass is 10.1. The van der Waals surface area contributed by atoms with Crippen molar-refractivity contribution in [3.8, 4) is 0 Å². The van der Waals surface area contributed by atoms with Crippen molar-refractivity contribution < 1.29 is 13.9 Å². The third kappa shape index (κ3) is 2.85. The van der Waals surface area contributed by atoms with E-state index in [2.05, 4.69) is 27.8 Å². The highest BCUT2D eigenvalue weighted by Crippen LogP contribution is 2.36. The van der Waals surface area contributed by atoms with E-state index in [0.717, 1.165) is 0 Å². The molecule has 1 unspecified atom stereocenters. The first-order valence-corrected chi connectivity index (χ1v) is 6.78. The van der Waals surface area contributed by atoms with Gasteiger partial charge in [-0.15, -0.1) is 0 Å². The Hall–Kier alpha value is -0.850. The van der Waals surface area contributed by atoms with Gasteiger partial charge in [-0.25, -0.2) is 8.78 Å². The standard InChI is InChI=1S/C12H12BrClF2N2O/c1-6(14)17-5-9(19)18-3-2-7-4-8(13)10(15)11(16)12(7)18/h4,9,17,19H,1-3,5H2. The van der Waals surface area contributed by atoms with Gasteiger partial charge in [-0.1, -0.05) is 18.2 Å². The number of anilines is 1. The zero-order valence-electron chi connectivity index (χ0n) is 9.89. The summed E-state index contributed by atoms with van der Waals surface area (Å²) in [4.78, 5) is 1.41. The van der Waals surface area contributed by atoms with Gasteiger partial charge >= 0.3 is 0 Å². The van der Waals surface area contributed by atoms with E-state index in [0.29, 0.717) is 18.5 Å². The van der Waals surface area contributed by atoms with Gasteiger partial charge in [-0.3, -0.25) is 0 Å². The molecule has 1 aliphatic heterocycles. The van der Waals surface area contributed by atoms with Crippen LogP contribution in [0.5, 0.6) is 0 Å². The van der Waals surface area contributed by atoms with Crippen molar-refractivity contribution in [3.05, 3.63) is 39.5 Å². The lowest BCUT2D eigenvalue weighted by Crippen LogP contribution is -2.41. The number of benzene rings is 1. The second kappa shape index (κ2) is 5.64. The van der Waals surface area contributed by atoms with E-state index in [4.69, 9.17) is 11.6 Å². The summed E-state index contributed by atoms with van der Waals surface area (Å²) in [5.74, 6) is -1.90. The van der Waals surface area contributed by atoms with Crippen LogP contribution in [0.4, 0.5) is 14.5 Å². The fourth-order valence-corrected chi connectivity index (χ4v) is 2.63. The van der Waals surface area contributed by atoms with Gasteiger partial charge in [-0.2, -0.15) is 0 Å². The molecule has 2 rings (SSSR count). The van der Waals surface area contributed by atoms with Gasteiger partial charge in [-0.05, 0) is 34.0 Å². The van der Waals surface area contributed by atoms with Crippen molar-refractivity contribution in [2.24, 2.45) is 0 Å². The van der Waals surface area contributed by atoms with E-state index in [1.807, 2.05) is 0 Å². The molecule has 104 valence electrons. The normalized spacial score (nSPS) is 15.3. The number of nitrogens with zero attached hydrogens (tertiary/aromatic N) is 1. The van der Waals surface area contributed by atoms with Gasteiger partial charge in [0.2, 0.25) is 0 Å². The van der Waals surface area contributed by atoms with Crippen LogP contribution in [-0.4, -0.2) is 24.4 Å². The minimum Gasteiger partial charge on any atom is -0.372 e. The van der Waals surface area contributed by atoms with Crippen LogP contribution in [0.1, 0.15) is 5.56 Å². The average Bonchev–Trinajstić information content (AvgIpc) is 2.76. The SMILES string of the molecule is C=C(Cl)NCC(O)N1CCc2cc(Br)c(F)c(F)c21. The van der Waals surface area contributed by atoms with Gasteiger partial charge in [0.05, 0.1) is 21.9 Å². The fourth-order valence-electron chi connectivity index (χ4n) is 2.10. The minimum atomic E-state index is -1.01. The van der Waals surface area contributed by atoms with Crippen LogP contribution < -0.4 is 10.2 Å². The molecule has 0 saturated heterocycles. The summed E-state index contributed by atoms with van der Waals surface area (Å²) in [6, 6.07) is 1.54. The van der Waals surface area contributed by atoms with Crippen molar-refractivity contribution >= 4 is 33.2 Å². The molecule has 0 aromatic heterocycles. The maximum Gasteiger partial charge on any atom is 0.183 e. The topological polar surface area (TPSA) is 35.5 Å². The van der Waals surface area contributed by atoms with Gasteiger partial charge in [0.1, 0.15) is 6.23 Å². The van der Waals surface area contributed by atoms with E-state index in [9.17, 15) is 13.9 Å². The maximum absolute atomic E-state index is 14.0. The molecule has 19 heavy (non-hydrogen) atoms. The molecular formula is C12H12BrClF2N2O. The van der Waals surface area contributed by atoms with Crippen LogP contribution in [0.2, 0.25) is 0 Å². The lowest BCUT2D eigenvalue weighted by Gasteiger charge is -2.26. The Kier molecular flexibility index (Phi) is 4.32. The summed E-state index contributed by atoms with van der Waals surface area (Å²) in [5.41, 5.74) is 0.768. The second-order valence-electron chi connectivity index (χ2n) is 4.20. The predicted molar refractivity (Wildman–Crippen MR) is 74.1 cm³/mol. The summed E-state index contributed by atoms with van der Waals surface area (Å²) >= 11 is 8.50. The number of halogens is 4. The first kappa shape index (κ1) is 14.6. The molecule has 1 aromatic carbocycles. The number of aliphatic hydroxyl groups is 1. The van der Waals surface area contributed by atoms with Gasteiger partial charge in [0, 0.05) is 6.54 Å². The molecular weight excluding hydrogens is 341 g/mol. The predicted octanol–water partition coefficient (Wildman–Crippen LogP) is 2.71. The van der Waals surface area contributed by atoms with E-state index < -0.39 is 17.9 Å². The quantitative estimate of drug-likeness (QED) is 0.645. The molecule has 2 N–H and O–H groups in total. The summed E-state index contributed by atoms with van der Waals surface area (Å²) in [6.07, 6.45) is -0.462. The minimum absolute atomic E-state index is 0.0822. The number of fused-ring (bicyclic) bond motifs is 1. The Morgan fingerprint density at radius 1 is 1.58 bits per heavy atom. The van der Waals surface area contributed by atoms with E-state index in [1.165, 1.54) is 11.0 Å². The van der Waals surface area contributed by atoms with Crippen LogP contribution >= 0.6 is 27.5 Å². The highest BCUT2D eigenvalue weighted by atomic mass is 79.9. The molecule has 1 aliphatic rings. The first-order valence-electron chi connectivity index (χ1n) is 5.61. The number of hydrogen-bond acceptors (Lipinski definition) is 3. The lowest BCUT2D eigenvalue weighted by molar-refractivity contribution is 0.171. The summed E-state index contributed by atoms with van der Waals surface area (Å²) in [7, 11) is 0. The average molecular weight is 354 g/mol. The molecule has 1 heterocycles. The maximum atomic E-state index is 14.0. The number of hydrogen-bond donors (Lipinski definition) is 2. The highest BCUT2D eigenvalue weighted by Gasteiger charge is 2.30.